The Kier molecular flexibility index (Phi) is 7.45. The second kappa shape index (κ2) is 10.9. The second-order valence-electron chi connectivity index (χ2n) is 7.93. The van der Waals surface area contributed by atoms with Crippen LogP contribution in [0.1, 0.15) is 34.3 Å². The topological polar surface area (TPSA) is 81.8 Å². The number of rotatable bonds is 10. The van der Waals surface area contributed by atoms with Crippen molar-refractivity contribution in [2.45, 2.75) is 12.8 Å². The molecule has 1 heterocycles. The molecule has 0 radical (unpaired) electrons. The summed E-state index contributed by atoms with van der Waals surface area (Å²) in [5, 5.41) is 4.18. The van der Waals surface area contributed by atoms with Gasteiger partial charge < -0.3 is 29.2 Å². The van der Waals surface area contributed by atoms with Crippen LogP contribution in [0.25, 0.3) is 10.9 Å². The lowest BCUT2D eigenvalue weighted by Crippen LogP contribution is -2.29. The normalized spacial score (nSPS) is 11.7. The van der Waals surface area contributed by atoms with Crippen LogP contribution in [-0.4, -0.2) is 45.4 Å². The highest BCUT2D eigenvalue weighted by Gasteiger charge is 2.24. The highest BCUT2D eigenvalue weighted by molar-refractivity contribution is 5.95. The molecule has 0 fully saturated rings. The summed E-state index contributed by atoms with van der Waals surface area (Å²) < 4.78 is 22.3. The molecule has 7 nitrogen and oxygen atoms in total. The van der Waals surface area contributed by atoms with Gasteiger partial charge in [-0.1, -0.05) is 30.3 Å². The van der Waals surface area contributed by atoms with E-state index in [4.69, 9.17) is 18.9 Å². The summed E-state index contributed by atoms with van der Waals surface area (Å²) in [6.45, 7) is 2.76. The lowest BCUT2D eigenvalue weighted by Gasteiger charge is -2.22. The summed E-state index contributed by atoms with van der Waals surface area (Å²) in [5.41, 5.74) is 3.48. The first kappa shape index (κ1) is 24.0. The number of benzene rings is 3. The molecule has 3 aromatic carbocycles. The summed E-state index contributed by atoms with van der Waals surface area (Å²) in [6.07, 6.45) is 1.99. The van der Waals surface area contributed by atoms with Gasteiger partial charge in [-0.05, 0) is 42.8 Å². The molecule has 1 atom stereocenters. The van der Waals surface area contributed by atoms with Crippen molar-refractivity contribution in [2.24, 2.45) is 0 Å². The molecule has 0 spiro atoms. The zero-order valence-electron chi connectivity index (χ0n) is 20.4. The van der Waals surface area contributed by atoms with Crippen molar-refractivity contribution in [3.05, 3.63) is 83.6 Å². The number of fused-ring (bicyclic) bond motifs is 1. The molecule has 0 saturated heterocycles. The Morgan fingerprint density at radius 2 is 1.69 bits per heavy atom. The van der Waals surface area contributed by atoms with Crippen LogP contribution in [0.15, 0.2) is 66.9 Å². The van der Waals surface area contributed by atoms with Crippen molar-refractivity contribution in [3.63, 3.8) is 0 Å². The molecule has 2 N–H and O–H groups in total. The SMILES string of the molecule is CCOc1ccc(C(=O)NCC(c2cccc(OC)c2OC)c2c[nH]c3ccccc23)cc1OC. The molecule has 1 unspecified atom stereocenters. The van der Waals surface area contributed by atoms with E-state index in [0.717, 1.165) is 22.0 Å². The Morgan fingerprint density at radius 3 is 2.43 bits per heavy atom. The first-order valence-electron chi connectivity index (χ1n) is 11.5. The van der Waals surface area contributed by atoms with Crippen LogP contribution in [0.3, 0.4) is 0 Å². The lowest BCUT2D eigenvalue weighted by molar-refractivity contribution is 0.0952. The average Bonchev–Trinajstić information content (AvgIpc) is 3.32. The van der Waals surface area contributed by atoms with E-state index in [1.54, 1.807) is 39.5 Å². The maximum Gasteiger partial charge on any atom is 0.251 e. The van der Waals surface area contributed by atoms with Crippen LogP contribution < -0.4 is 24.3 Å². The fourth-order valence-electron chi connectivity index (χ4n) is 4.34. The van der Waals surface area contributed by atoms with E-state index in [0.29, 0.717) is 41.7 Å². The van der Waals surface area contributed by atoms with E-state index in [2.05, 4.69) is 16.4 Å². The number of amides is 1. The Hall–Kier alpha value is -4.13. The van der Waals surface area contributed by atoms with Crippen LogP contribution in [0, 0.1) is 0 Å². The van der Waals surface area contributed by atoms with Gasteiger partial charge in [-0.2, -0.15) is 0 Å². The van der Waals surface area contributed by atoms with E-state index < -0.39 is 0 Å². The molecular weight excluding hydrogens is 444 g/mol. The van der Waals surface area contributed by atoms with Gasteiger partial charge in [0.1, 0.15) is 0 Å². The van der Waals surface area contributed by atoms with Gasteiger partial charge in [0, 0.05) is 40.7 Å². The minimum Gasteiger partial charge on any atom is -0.493 e. The Morgan fingerprint density at radius 1 is 0.886 bits per heavy atom. The van der Waals surface area contributed by atoms with Crippen LogP contribution in [-0.2, 0) is 0 Å². The third-order valence-corrected chi connectivity index (χ3v) is 6.00. The summed E-state index contributed by atoms with van der Waals surface area (Å²) in [6, 6.07) is 19.1. The Balaban J connectivity index is 1.69. The highest BCUT2D eigenvalue weighted by atomic mass is 16.5. The van der Waals surface area contributed by atoms with Crippen molar-refractivity contribution >= 4 is 16.8 Å². The number of ether oxygens (including phenoxy) is 4. The van der Waals surface area contributed by atoms with E-state index in [1.165, 1.54) is 0 Å². The van der Waals surface area contributed by atoms with Gasteiger partial charge in [0.25, 0.3) is 5.91 Å². The molecule has 4 aromatic rings. The molecule has 1 aromatic heterocycles. The number of methoxy groups -OCH3 is 3. The van der Waals surface area contributed by atoms with Crippen molar-refractivity contribution < 1.29 is 23.7 Å². The van der Waals surface area contributed by atoms with Crippen molar-refractivity contribution in [2.75, 3.05) is 34.5 Å². The quantitative estimate of drug-likeness (QED) is 0.332. The molecule has 7 heteroatoms. The third-order valence-electron chi connectivity index (χ3n) is 6.00. The predicted octanol–water partition coefficient (Wildman–Crippen LogP) is 5.15. The van der Waals surface area contributed by atoms with E-state index in [1.807, 2.05) is 49.5 Å². The molecule has 0 bridgehead atoms. The van der Waals surface area contributed by atoms with E-state index in [9.17, 15) is 4.79 Å². The van der Waals surface area contributed by atoms with Gasteiger partial charge in [0.05, 0.1) is 27.9 Å². The summed E-state index contributed by atoms with van der Waals surface area (Å²) in [4.78, 5) is 16.5. The zero-order valence-corrected chi connectivity index (χ0v) is 20.4. The third kappa shape index (κ3) is 4.89. The van der Waals surface area contributed by atoms with Gasteiger partial charge in [-0.25, -0.2) is 0 Å². The van der Waals surface area contributed by atoms with E-state index >= 15 is 0 Å². The Labute approximate surface area is 205 Å². The van der Waals surface area contributed by atoms with Crippen molar-refractivity contribution in [3.8, 4) is 23.0 Å². The summed E-state index contributed by atoms with van der Waals surface area (Å²) in [5.74, 6) is 1.99. The minimum absolute atomic E-state index is 0.190. The zero-order chi connectivity index (χ0) is 24.8. The van der Waals surface area contributed by atoms with Crippen molar-refractivity contribution in [1.82, 2.24) is 10.3 Å². The number of aromatic amines is 1. The smallest absolute Gasteiger partial charge is 0.251 e. The fourth-order valence-corrected chi connectivity index (χ4v) is 4.34. The van der Waals surface area contributed by atoms with Crippen LogP contribution in [0.2, 0.25) is 0 Å². The molecule has 0 aliphatic rings. The number of hydrogen-bond donors (Lipinski definition) is 2. The van der Waals surface area contributed by atoms with E-state index in [-0.39, 0.29) is 11.8 Å². The maximum atomic E-state index is 13.2. The van der Waals surface area contributed by atoms with Gasteiger partial charge in [0.15, 0.2) is 23.0 Å². The highest BCUT2D eigenvalue weighted by Crippen LogP contribution is 2.40. The minimum atomic E-state index is -0.210. The monoisotopic (exact) mass is 474 g/mol. The molecule has 0 aliphatic heterocycles. The number of para-hydroxylation sites is 2. The van der Waals surface area contributed by atoms with Gasteiger partial charge >= 0.3 is 0 Å². The summed E-state index contributed by atoms with van der Waals surface area (Å²) in [7, 11) is 4.80. The van der Waals surface area contributed by atoms with Crippen LogP contribution >= 0.6 is 0 Å². The number of aromatic nitrogens is 1. The van der Waals surface area contributed by atoms with Crippen molar-refractivity contribution in [1.29, 1.82) is 0 Å². The second-order valence-corrected chi connectivity index (χ2v) is 7.93. The number of nitrogens with one attached hydrogen (secondary N) is 2. The molecule has 182 valence electrons. The fraction of sp³-hybridized carbons (Fsp3) is 0.250. The number of hydrogen-bond acceptors (Lipinski definition) is 5. The van der Waals surface area contributed by atoms with Gasteiger partial charge in [-0.15, -0.1) is 0 Å². The maximum absolute atomic E-state index is 13.2. The molecule has 4 rings (SSSR count). The number of carbonyl (C=O) groups excluding carboxylic acids is 1. The van der Waals surface area contributed by atoms with Crippen LogP contribution in [0.5, 0.6) is 23.0 Å². The molecule has 35 heavy (non-hydrogen) atoms. The Bertz CT molecular complexity index is 1310. The van der Waals surface area contributed by atoms with Gasteiger partial charge in [-0.3, -0.25) is 4.79 Å². The standard InChI is InChI=1S/C28H30N2O5/c1-5-35-24-14-13-18(15-26(24)33-3)28(31)30-17-22(20-10-8-12-25(32-2)27(20)34-4)21-16-29-23-11-7-6-9-19(21)23/h6-16,22,29H,5,17H2,1-4H3,(H,30,31). The number of H-pyrrole nitrogens is 1. The molecule has 0 aliphatic carbocycles. The molecule has 1 amide bonds. The average molecular weight is 475 g/mol. The first-order chi connectivity index (χ1) is 17.1. The largest absolute Gasteiger partial charge is 0.493 e. The molecule has 0 saturated carbocycles. The predicted molar refractivity (Wildman–Crippen MR) is 136 cm³/mol. The summed E-state index contributed by atoms with van der Waals surface area (Å²) >= 11 is 0. The van der Waals surface area contributed by atoms with Crippen LogP contribution in [0.4, 0.5) is 0 Å². The van der Waals surface area contributed by atoms with Gasteiger partial charge in [0.2, 0.25) is 0 Å². The number of carbonyl (C=O) groups is 1. The molecular formula is C28H30N2O5. The lowest BCUT2D eigenvalue weighted by atomic mass is 9.89. The first-order valence-corrected chi connectivity index (χ1v) is 11.5.